The molecule has 11 rings (SSSR count). The van der Waals surface area contributed by atoms with Gasteiger partial charge in [0, 0.05) is 0 Å². The Morgan fingerprint density at radius 2 is 0.932 bits per heavy atom. The quantitative estimate of drug-likeness (QED) is 0.0407. The molecule has 0 aromatic heterocycles. The largest absolute Gasteiger partial charge is 0.509 e. The topological polar surface area (TPSA) is 253 Å². The number of aliphatic hydroxyl groups is 3. The summed E-state index contributed by atoms with van der Waals surface area (Å²) >= 11 is 0. The van der Waals surface area contributed by atoms with Crippen molar-refractivity contribution in [2.75, 3.05) is 19.8 Å². The van der Waals surface area contributed by atoms with Crippen molar-refractivity contribution in [1.29, 1.82) is 0 Å². The van der Waals surface area contributed by atoms with E-state index in [1.807, 2.05) is 152 Å². The first-order valence-electron chi connectivity index (χ1n) is 29.3. The maximum absolute atomic E-state index is 14.7. The zero-order valence-corrected chi connectivity index (χ0v) is 49.0. The van der Waals surface area contributed by atoms with Crippen LogP contribution in [0.1, 0.15) is 34.7 Å². The van der Waals surface area contributed by atoms with Crippen LogP contribution in [0.3, 0.4) is 0 Å². The summed E-state index contributed by atoms with van der Waals surface area (Å²) in [6.45, 7) is 0.982. The maximum Gasteiger partial charge on any atom is 0.509 e. The Hall–Kier alpha value is -6.52. The van der Waals surface area contributed by atoms with E-state index in [0.717, 1.165) is 27.8 Å². The fraction of sp³-hybridized carbons (Fsp3) is 0.409. The molecule has 88 heavy (non-hydrogen) atoms. The molecule has 4 saturated heterocycles. The van der Waals surface area contributed by atoms with Crippen molar-refractivity contribution in [3.05, 3.63) is 222 Å². The first-order valence-corrected chi connectivity index (χ1v) is 30.8. The zero-order valence-electron chi connectivity index (χ0n) is 48.2. The Labute approximate surface area is 510 Å². The molecule has 5 heterocycles. The fourth-order valence-electron chi connectivity index (χ4n) is 11.3. The number of benzene rings is 6. The fourth-order valence-corrected chi connectivity index (χ4v) is 12.5. The van der Waals surface area contributed by atoms with Gasteiger partial charge in [-0.2, -0.15) is 0 Å². The van der Waals surface area contributed by atoms with E-state index >= 15 is 0 Å². The second-order valence-electron chi connectivity index (χ2n) is 21.9. The number of aliphatic hydroxyl groups excluding tert-OH is 3. The van der Waals surface area contributed by atoms with Crippen LogP contribution in [-0.4, -0.2) is 160 Å². The first kappa shape index (κ1) is 63.1. The Bertz CT molecular complexity index is 3220. The molecule has 0 spiro atoms. The molecular formula is C66H73NO20S. The van der Waals surface area contributed by atoms with E-state index in [1.165, 1.54) is 18.4 Å². The van der Waals surface area contributed by atoms with E-state index in [1.54, 1.807) is 31.2 Å². The van der Waals surface area contributed by atoms with Crippen molar-refractivity contribution in [2.24, 2.45) is 0 Å². The van der Waals surface area contributed by atoms with Crippen molar-refractivity contribution in [1.82, 2.24) is 4.72 Å². The Morgan fingerprint density at radius 3 is 1.48 bits per heavy atom. The van der Waals surface area contributed by atoms with Gasteiger partial charge in [-0.05, 0) is 52.9 Å². The second kappa shape index (κ2) is 30.3. The van der Waals surface area contributed by atoms with E-state index in [0.29, 0.717) is 0 Å². The smallest absolute Gasteiger partial charge is 0.493 e. The third-order valence-electron chi connectivity index (χ3n) is 15.8. The van der Waals surface area contributed by atoms with Crippen molar-refractivity contribution < 1.29 is 94.8 Å². The van der Waals surface area contributed by atoms with Crippen LogP contribution in [0.2, 0.25) is 0 Å². The number of hydrogen-bond donors (Lipinski definition) is 4. The molecule has 468 valence electrons. The van der Waals surface area contributed by atoms with Crippen LogP contribution in [-0.2, 0) is 109 Å². The van der Waals surface area contributed by atoms with Crippen LogP contribution < -0.4 is 4.72 Å². The minimum atomic E-state index is -4.56. The highest BCUT2D eigenvalue weighted by atomic mass is 32.2. The van der Waals surface area contributed by atoms with Crippen LogP contribution in [0.4, 0.5) is 4.79 Å². The lowest BCUT2D eigenvalue weighted by atomic mass is 9.95. The predicted molar refractivity (Wildman–Crippen MR) is 312 cm³/mol. The molecular weight excluding hydrogens is 1160 g/mol. The Morgan fingerprint density at radius 1 is 0.477 bits per heavy atom. The number of ether oxygens (including phenoxy) is 14. The van der Waals surface area contributed by atoms with Gasteiger partial charge >= 0.3 is 6.16 Å². The lowest BCUT2D eigenvalue weighted by molar-refractivity contribution is -0.380. The summed E-state index contributed by atoms with van der Waals surface area (Å²) in [5.41, 5.74) is 4.32. The summed E-state index contributed by atoms with van der Waals surface area (Å²) < 4.78 is 123. The average molecular weight is 1230 g/mol. The Kier molecular flexibility index (Phi) is 21.7. The van der Waals surface area contributed by atoms with Crippen LogP contribution in [0.5, 0.6) is 0 Å². The van der Waals surface area contributed by atoms with Gasteiger partial charge in [-0.25, -0.2) is 17.9 Å². The van der Waals surface area contributed by atoms with Crippen molar-refractivity contribution in [3.63, 3.8) is 0 Å². The molecule has 6 aromatic carbocycles. The predicted octanol–water partition coefficient (Wildman–Crippen LogP) is 6.40. The van der Waals surface area contributed by atoms with Crippen molar-refractivity contribution in [3.8, 4) is 0 Å². The molecule has 18 atom stereocenters. The highest BCUT2D eigenvalue weighted by Gasteiger charge is 2.60. The average Bonchev–Trinajstić information content (AvgIpc) is 1.80. The van der Waals surface area contributed by atoms with Crippen LogP contribution >= 0.6 is 0 Å². The molecule has 21 nitrogen and oxygen atoms in total. The van der Waals surface area contributed by atoms with Gasteiger partial charge in [0.25, 0.3) is 0 Å². The van der Waals surface area contributed by atoms with Gasteiger partial charge in [0.1, 0.15) is 67.1 Å². The number of carbonyl (C=O) groups is 1. The number of sulfonamides is 1. The van der Waals surface area contributed by atoms with E-state index in [-0.39, 0.29) is 44.5 Å². The number of rotatable bonds is 27. The molecule has 0 bridgehead atoms. The standard InChI is InChI=1S/C66H73NO20S/c1-42-55(76-37-44-22-10-3-11-23-44)59(78-39-46-26-14-5-15-27-46)61(79-40-47-28-16-6-17-29-47)64(80-42)85-62-60-57(86-66(71)87-60)51(35-69)83-65(62)84-58-53(67-88(72,73)48-30-18-7-19-31-48)63(82-50(34-68)54(58)70)81-49-32-33-75-52(41-74-36-43-20-8-2-9-21-43)56(49)77-38-45-24-12-4-13-25-45/h2-33,42,49-65,67-70H,34-41H2,1H3/t42-,49+,50+,51+,52+,53+,54-,55+,56+,57-,58+,59+,60-,61-,62+,63?,64-,65-/m0/s1. The summed E-state index contributed by atoms with van der Waals surface area (Å²) in [6, 6.07) is 53.4. The minimum absolute atomic E-state index is 0.0314. The minimum Gasteiger partial charge on any atom is -0.493 e. The van der Waals surface area contributed by atoms with Crippen molar-refractivity contribution >= 4 is 16.2 Å². The van der Waals surface area contributed by atoms with Gasteiger partial charge in [0.2, 0.25) is 10.0 Å². The molecule has 22 heteroatoms. The summed E-state index contributed by atoms with van der Waals surface area (Å²) in [5.74, 6) is 0. The van der Waals surface area contributed by atoms with Gasteiger partial charge in [-0.1, -0.05) is 170 Å². The van der Waals surface area contributed by atoms with E-state index in [9.17, 15) is 28.5 Å². The lowest BCUT2D eigenvalue weighted by Crippen LogP contribution is -2.69. The molecule has 0 radical (unpaired) electrons. The summed E-state index contributed by atoms with van der Waals surface area (Å²) in [7, 11) is -4.56. The molecule has 5 aliphatic rings. The normalized spacial score (nSPS) is 31.2. The van der Waals surface area contributed by atoms with Crippen LogP contribution in [0, 0.1) is 0 Å². The molecule has 1 unspecified atom stereocenters. The Balaban J connectivity index is 0.940. The third kappa shape index (κ3) is 15.7. The van der Waals surface area contributed by atoms with Crippen molar-refractivity contribution in [2.45, 2.75) is 155 Å². The van der Waals surface area contributed by atoms with Crippen LogP contribution in [0.15, 0.2) is 199 Å². The van der Waals surface area contributed by atoms with Gasteiger partial charge < -0.3 is 81.6 Å². The van der Waals surface area contributed by atoms with Gasteiger partial charge in [-0.3, -0.25) is 0 Å². The number of carbonyl (C=O) groups excluding carboxylic acids is 1. The number of fused-ring (bicyclic) bond motifs is 1. The van der Waals surface area contributed by atoms with E-state index in [2.05, 4.69) is 4.72 Å². The second-order valence-corrected chi connectivity index (χ2v) is 23.6. The molecule has 4 N–H and O–H groups in total. The highest BCUT2D eigenvalue weighted by molar-refractivity contribution is 7.89. The SMILES string of the molecule is C[C@@H]1O[C@@H](O[C@H]2[C@H](O[C@H]3[C@@H](O)[C@@H](CO)OC(O[C@@H]4C=CO[C@H](COCc5ccccc5)[C@@H]4OCc4ccccc4)[C@@H]3NS(=O)(=O)c3ccccc3)O[C@H](CO)[C@@H]3OC(=O)O[C@@H]32)[C@@H](OCc2ccccc2)[C@H](OCc2ccccc2)[C@@H]1OCc1ccccc1. The summed E-state index contributed by atoms with van der Waals surface area (Å²) in [4.78, 5) is 13.2. The zero-order chi connectivity index (χ0) is 60.8. The molecule has 0 saturated carbocycles. The lowest BCUT2D eigenvalue weighted by Gasteiger charge is -2.50. The molecule has 4 fully saturated rings. The molecule has 0 amide bonds. The monoisotopic (exact) mass is 1230 g/mol. The number of hydrogen-bond acceptors (Lipinski definition) is 20. The van der Waals surface area contributed by atoms with Gasteiger partial charge in [0.15, 0.2) is 37.2 Å². The number of nitrogens with one attached hydrogen (secondary N) is 1. The van der Waals surface area contributed by atoms with E-state index in [4.69, 9.17) is 66.3 Å². The summed E-state index contributed by atoms with van der Waals surface area (Å²) in [5, 5.41) is 34.4. The van der Waals surface area contributed by atoms with E-state index < -0.39 is 140 Å². The summed E-state index contributed by atoms with van der Waals surface area (Å²) in [6.07, 6.45) is -20.1. The maximum atomic E-state index is 14.7. The first-order chi connectivity index (χ1) is 43.0. The molecule has 6 aromatic rings. The molecule has 0 aliphatic carbocycles. The highest BCUT2D eigenvalue weighted by Crippen LogP contribution is 2.40. The third-order valence-corrected chi connectivity index (χ3v) is 17.3. The molecule has 5 aliphatic heterocycles. The van der Waals surface area contributed by atoms with Gasteiger partial charge in [0.05, 0.1) is 70.1 Å². The van der Waals surface area contributed by atoms with Gasteiger partial charge in [-0.15, -0.1) is 0 Å². The van der Waals surface area contributed by atoms with Crippen LogP contribution in [0.25, 0.3) is 0 Å².